The summed E-state index contributed by atoms with van der Waals surface area (Å²) in [5.41, 5.74) is 1.92. The zero-order valence-electron chi connectivity index (χ0n) is 23.2. The zero-order chi connectivity index (χ0) is 29.6. The van der Waals surface area contributed by atoms with Gasteiger partial charge in [0, 0.05) is 29.5 Å². The SMILES string of the molecule is CC(C)NC(=O)[C@H](Cc1ccccc1)N(Cc1cccc(Br)c1)C(=O)CN(c1ccc2c(c1)OCCO2)S(C)(=O)=O. The molecule has 2 amide bonds. The van der Waals surface area contributed by atoms with Gasteiger partial charge in [0.2, 0.25) is 21.8 Å². The summed E-state index contributed by atoms with van der Waals surface area (Å²) in [6, 6.07) is 20.6. The first kappa shape index (κ1) is 30.4. The van der Waals surface area contributed by atoms with Crippen molar-refractivity contribution in [3.05, 3.63) is 88.4 Å². The van der Waals surface area contributed by atoms with Crippen molar-refractivity contribution in [1.29, 1.82) is 0 Å². The number of halogens is 1. The fourth-order valence-electron chi connectivity index (χ4n) is 4.57. The van der Waals surface area contributed by atoms with Crippen LogP contribution in [0, 0.1) is 0 Å². The average molecular weight is 645 g/mol. The van der Waals surface area contributed by atoms with Gasteiger partial charge in [-0.1, -0.05) is 58.4 Å². The molecule has 0 fully saturated rings. The molecule has 0 saturated heterocycles. The Morgan fingerprint density at radius 1 is 0.927 bits per heavy atom. The number of anilines is 1. The molecule has 4 rings (SSSR count). The van der Waals surface area contributed by atoms with Crippen LogP contribution in [0.1, 0.15) is 25.0 Å². The predicted octanol–water partition coefficient (Wildman–Crippen LogP) is 4.15. The van der Waals surface area contributed by atoms with Gasteiger partial charge in [-0.15, -0.1) is 0 Å². The van der Waals surface area contributed by atoms with Crippen LogP contribution in [0.3, 0.4) is 0 Å². The lowest BCUT2D eigenvalue weighted by Crippen LogP contribution is -2.54. The number of ether oxygens (including phenoxy) is 2. The van der Waals surface area contributed by atoms with E-state index in [-0.39, 0.29) is 30.6 Å². The van der Waals surface area contributed by atoms with Crippen molar-refractivity contribution in [2.24, 2.45) is 0 Å². The molecule has 11 heteroatoms. The summed E-state index contributed by atoms with van der Waals surface area (Å²) in [6.45, 7) is 4.02. The second kappa shape index (κ2) is 13.4. The molecule has 1 atom stereocenters. The van der Waals surface area contributed by atoms with E-state index >= 15 is 0 Å². The number of rotatable bonds is 11. The van der Waals surface area contributed by atoms with Gasteiger partial charge in [0.1, 0.15) is 25.8 Å². The minimum absolute atomic E-state index is 0.0973. The Morgan fingerprint density at radius 2 is 1.61 bits per heavy atom. The molecule has 1 aliphatic heterocycles. The van der Waals surface area contributed by atoms with Gasteiger partial charge >= 0.3 is 0 Å². The van der Waals surface area contributed by atoms with E-state index < -0.39 is 28.5 Å². The van der Waals surface area contributed by atoms with Crippen LogP contribution in [0.5, 0.6) is 11.5 Å². The third-order valence-electron chi connectivity index (χ3n) is 6.44. The molecular formula is C30H34BrN3O6S. The highest BCUT2D eigenvalue weighted by Gasteiger charge is 2.33. The Kier molecular flexibility index (Phi) is 9.93. The molecule has 0 spiro atoms. The van der Waals surface area contributed by atoms with Crippen LogP contribution < -0.4 is 19.1 Å². The van der Waals surface area contributed by atoms with Gasteiger partial charge in [-0.2, -0.15) is 0 Å². The number of amides is 2. The number of sulfonamides is 1. The van der Waals surface area contributed by atoms with E-state index in [2.05, 4.69) is 21.2 Å². The molecule has 0 saturated carbocycles. The van der Waals surface area contributed by atoms with Crippen LogP contribution in [0.2, 0.25) is 0 Å². The second-order valence-electron chi connectivity index (χ2n) is 10.1. The lowest BCUT2D eigenvalue weighted by Gasteiger charge is -2.34. The molecule has 3 aromatic carbocycles. The largest absolute Gasteiger partial charge is 0.486 e. The summed E-state index contributed by atoms with van der Waals surface area (Å²) in [5.74, 6) is 0.0611. The first-order valence-electron chi connectivity index (χ1n) is 13.3. The molecule has 1 aliphatic rings. The highest BCUT2D eigenvalue weighted by Crippen LogP contribution is 2.35. The number of benzene rings is 3. The molecule has 1 N–H and O–H groups in total. The standard InChI is InChI=1S/C30H34BrN3O6S/c1-21(2)32-30(36)26(17-22-8-5-4-6-9-22)33(19-23-10-7-11-24(31)16-23)29(35)20-34(41(3,37)38)25-12-13-27-28(18-25)40-15-14-39-27/h4-13,16,18,21,26H,14-15,17,19-20H2,1-3H3,(H,32,36)/t26-/m0/s1. The summed E-state index contributed by atoms with van der Waals surface area (Å²) in [5, 5.41) is 2.94. The van der Waals surface area contributed by atoms with Crippen molar-refractivity contribution in [3.63, 3.8) is 0 Å². The first-order valence-corrected chi connectivity index (χ1v) is 15.9. The fraction of sp³-hybridized carbons (Fsp3) is 0.333. The highest BCUT2D eigenvalue weighted by molar-refractivity contribution is 9.10. The zero-order valence-corrected chi connectivity index (χ0v) is 25.7. The first-order chi connectivity index (χ1) is 19.5. The molecule has 3 aromatic rings. The molecule has 218 valence electrons. The van der Waals surface area contributed by atoms with Crippen LogP contribution in [0.4, 0.5) is 5.69 Å². The lowest BCUT2D eigenvalue weighted by molar-refractivity contribution is -0.140. The van der Waals surface area contributed by atoms with Crippen molar-refractivity contribution in [1.82, 2.24) is 10.2 Å². The van der Waals surface area contributed by atoms with E-state index in [1.807, 2.05) is 68.4 Å². The molecule has 1 heterocycles. The maximum atomic E-state index is 14.1. The number of nitrogens with zero attached hydrogens (tertiary/aromatic N) is 2. The van der Waals surface area contributed by atoms with E-state index in [9.17, 15) is 18.0 Å². The molecule has 9 nitrogen and oxygen atoms in total. The Morgan fingerprint density at radius 3 is 2.27 bits per heavy atom. The molecule has 0 aliphatic carbocycles. The van der Waals surface area contributed by atoms with Crippen molar-refractivity contribution >= 4 is 43.5 Å². The number of hydrogen-bond acceptors (Lipinski definition) is 6. The van der Waals surface area contributed by atoms with Crippen LogP contribution in [-0.4, -0.2) is 63.2 Å². The van der Waals surface area contributed by atoms with Crippen LogP contribution in [0.25, 0.3) is 0 Å². The highest BCUT2D eigenvalue weighted by atomic mass is 79.9. The number of carbonyl (C=O) groups is 2. The maximum absolute atomic E-state index is 14.1. The molecule has 0 radical (unpaired) electrons. The summed E-state index contributed by atoms with van der Waals surface area (Å²) < 4.78 is 39.1. The van der Waals surface area contributed by atoms with Gasteiger partial charge in [0.25, 0.3) is 0 Å². The van der Waals surface area contributed by atoms with Gasteiger partial charge in [0.15, 0.2) is 11.5 Å². The monoisotopic (exact) mass is 643 g/mol. The quantitative estimate of drug-likeness (QED) is 0.337. The van der Waals surface area contributed by atoms with E-state index in [1.165, 1.54) is 4.90 Å². The van der Waals surface area contributed by atoms with E-state index in [1.54, 1.807) is 18.2 Å². The van der Waals surface area contributed by atoms with Gasteiger partial charge in [0.05, 0.1) is 11.9 Å². The topological polar surface area (TPSA) is 105 Å². The lowest BCUT2D eigenvalue weighted by atomic mass is 10.0. The maximum Gasteiger partial charge on any atom is 0.244 e. The number of fused-ring (bicyclic) bond motifs is 1. The molecule has 41 heavy (non-hydrogen) atoms. The Labute approximate surface area is 249 Å². The van der Waals surface area contributed by atoms with Gasteiger partial charge in [-0.3, -0.25) is 13.9 Å². The number of hydrogen-bond donors (Lipinski definition) is 1. The second-order valence-corrected chi connectivity index (χ2v) is 12.9. The van der Waals surface area contributed by atoms with Gasteiger partial charge in [-0.25, -0.2) is 8.42 Å². The van der Waals surface area contributed by atoms with Gasteiger partial charge < -0.3 is 19.7 Å². The minimum Gasteiger partial charge on any atom is -0.486 e. The smallest absolute Gasteiger partial charge is 0.244 e. The normalized spacial score (nSPS) is 13.4. The molecule has 0 bridgehead atoms. The number of nitrogens with one attached hydrogen (secondary N) is 1. The van der Waals surface area contributed by atoms with Gasteiger partial charge in [-0.05, 0) is 49.2 Å². The summed E-state index contributed by atoms with van der Waals surface area (Å²) >= 11 is 3.48. The third-order valence-corrected chi connectivity index (χ3v) is 8.07. The Balaban J connectivity index is 1.73. The Hall–Kier alpha value is -3.57. The van der Waals surface area contributed by atoms with E-state index in [0.717, 1.165) is 26.2 Å². The molecule has 0 unspecified atom stereocenters. The molecule has 0 aromatic heterocycles. The van der Waals surface area contributed by atoms with Crippen LogP contribution in [-0.2, 0) is 32.6 Å². The van der Waals surface area contributed by atoms with Crippen molar-refractivity contribution in [3.8, 4) is 11.5 Å². The third kappa shape index (κ3) is 8.23. The summed E-state index contributed by atoms with van der Waals surface area (Å²) in [6.07, 6.45) is 1.30. The molecular weight excluding hydrogens is 610 g/mol. The van der Waals surface area contributed by atoms with Crippen molar-refractivity contribution in [2.75, 3.05) is 30.3 Å². The van der Waals surface area contributed by atoms with Crippen molar-refractivity contribution < 1.29 is 27.5 Å². The van der Waals surface area contributed by atoms with Crippen LogP contribution in [0.15, 0.2) is 77.3 Å². The van der Waals surface area contributed by atoms with Crippen molar-refractivity contribution in [2.45, 2.75) is 38.9 Å². The minimum atomic E-state index is -3.90. The van der Waals surface area contributed by atoms with Crippen LogP contribution >= 0.6 is 15.9 Å². The predicted molar refractivity (Wildman–Crippen MR) is 162 cm³/mol. The Bertz CT molecular complexity index is 1480. The number of carbonyl (C=O) groups excluding carboxylic acids is 2. The summed E-state index contributed by atoms with van der Waals surface area (Å²) in [7, 11) is -3.90. The average Bonchev–Trinajstić information content (AvgIpc) is 2.93. The summed E-state index contributed by atoms with van der Waals surface area (Å²) in [4.78, 5) is 29.2. The van der Waals surface area contributed by atoms with E-state index in [4.69, 9.17) is 9.47 Å². The fourth-order valence-corrected chi connectivity index (χ4v) is 5.86. The van der Waals surface area contributed by atoms with E-state index in [0.29, 0.717) is 24.7 Å².